The highest BCUT2D eigenvalue weighted by Crippen LogP contribution is 2.35. The van der Waals surface area contributed by atoms with Crippen LogP contribution in [0.1, 0.15) is 37.5 Å². The largest absolute Gasteiger partial charge is 0.462 e. The molecule has 3 heterocycles. The van der Waals surface area contributed by atoms with E-state index in [0.717, 1.165) is 33.2 Å². The van der Waals surface area contributed by atoms with Gasteiger partial charge in [-0.1, -0.05) is 23.5 Å². The summed E-state index contributed by atoms with van der Waals surface area (Å²) in [4.78, 5) is 35.1. The van der Waals surface area contributed by atoms with Gasteiger partial charge in [-0.25, -0.2) is 14.8 Å². The minimum atomic E-state index is -0.449. The Labute approximate surface area is 174 Å². The highest BCUT2D eigenvalue weighted by atomic mass is 32.1. The molecular weight excluding hydrogens is 408 g/mol. The van der Waals surface area contributed by atoms with E-state index in [2.05, 4.69) is 15.3 Å². The van der Waals surface area contributed by atoms with E-state index in [0.29, 0.717) is 31.1 Å². The van der Waals surface area contributed by atoms with Gasteiger partial charge in [-0.15, -0.1) is 11.3 Å². The average molecular weight is 427 g/mol. The minimum absolute atomic E-state index is 0.275. The number of anilines is 2. The van der Waals surface area contributed by atoms with Gasteiger partial charge in [0.2, 0.25) is 0 Å². The maximum atomic E-state index is 12.8. The number of rotatable bonds is 4. The minimum Gasteiger partial charge on any atom is -0.462 e. The van der Waals surface area contributed by atoms with Gasteiger partial charge in [-0.2, -0.15) is 0 Å². The molecule has 0 aliphatic heterocycles. The van der Waals surface area contributed by atoms with Gasteiger partial charge in [0.05, 0.1) is 23.5 Å². The van der Waals surface area contributed by atoms with Crippen molar-refractivity contribution in [1.29, 1.82) is 0 Å². The van der Waals surface area contributed by atoms with Crippen molar-refractivity contribution >= 4 is 66.5 Å². The number of nitrogens with one attached hydrogen (secondary N) is 1. The lowest BCUT2D eigenvalue weighted by atomic mass is 10.1. The van der Waals surface area contributed by atoms with Crippen LogP contribution in [0.4, 0.5) is 10.8 Å². The van der Waals surface area contributed by atoms with Gasteiger partial charge >= 0.3 is 5.97 Å². The van der Waals surface area contributed by atoms with E-state index in [4.69, 9.17) is 10.5 Å². The number of aryl methyl sites for hydroxylation is 2. The molecule has 9 heteroatoms. The Balaban J connectivity index is 1.67. The van der Waals surface area contributed by atoms with Crippen LogP contribution in [0.25, 0.3) is 21.1 Å². The van der Waals surface area contributed by atoms with Crippen LogP contribution in [0.2, 0.25) is 0 Å². The number of amides is 1. The average Bonchev–Trinajstić information content (AvgIpc) is 3.20. The molecule has 0 spiro atoms. The van der Waals surface area contributed by atoms with Gasteiger partial charge in [0.15, 0.2) is 5.13 Å². The highest BCUT2D eigenvalue weighted by Gasteiger charge is 2.21. The number of hydrogen-bond donors (Lipinski definition) is 2. The van der Waals surface area contributed by atoms with E-state index in [1.807, 2.05) is 31.2 Å². The predicted molar refractivity (Wildman–Crippen MR) is 117 cm³/mol. The zero-order chi connectivity index (χ0) is 20.7. The number of fused-ring (bicyclic) bond motifs is 2. The normalized spacial score (nSPS) is 11.1. The summed E-state index contributed by atoms with van der Waals surface area (Å²) >= 11 is 2.31. The Hall–Kier alpha value is -3.04. The van der Waals surface area contributed by atoms with Crippen LogP contribution in [0.3, 0.4) is 0 Å². The van der Waals surface area contributed by atoms with Gasteiger partial charge in [0.25, 0.3) is 5.91 Å². The molecule has 4 rings (SSSR count). The summed E-state index contributed by atoms with van der Waals surface area (Å²) in [5, 5.41) is 4.77. The van der Waals surface area contributed by atoms with Gasteiger partial charge < -0.3 is 10.5 Å². The van der Waals surface area contributed by atoms with E-state index in [1.165, 1.54) is 11.3 Å². The zero-order valence-corrected chi connectivity index (χ0v) is 17.7. The van der Waals surface area contributed by atoms with Crippen molar-refractivity contribution < 1.29 is 14.3 Å². The summed E-state index contributed by atoms with van der Waals surface area (Å²) in [5.41, 5.74) is 9.13. The second-order valence-electron chi connectivity index (χ2n) is 6.49. The molecule has 0 aliphatic rings. The van der Waals surface area contributed by atoms with E-state index in [1.54, 1.807) is 13.8 Å². The van der Waals surface area contributed by atoms with E-state index >= 15 is 0 Å². The first-order chi connectivity index (χ1) is 13.9. The standard InChI is InChI=1S/C20H18N4O3S2/c1-4-27-19(26)15-10(3)22-20(29-15)24-17(25)16-14(21)12-8-11-6-5-9(2)7-13(11)23-18(12)28-16/h5-8H,4,21H2,1-3H3,(H,22,24,25). The topological polar surface area (TPSA) is 107 Å². The number of carbonyl (C=O) groups excluding carboxylic acids is 2. The third kappa shape index (κ3) is 3.54. The number of benzene rings is 1. The first kappa shape index (κ1) is 19.3. The van der Waals surface area contributed by atoms with Crippen molar-refractivity contribution in [3.63, 3.8) is 0 Å². The molecule has 0 atom stereocenters. The van der Waals surface area contributed by atoms with Crippen molar-refractivity contribution in [2.75, 3.05) is 17.7 Å². The van der Waals surface area contributed by atoms with Crippen LogP contribution in [-0.2, 0) is 4.74 Å². The third-order valence-corrected chi connectivity index (χ3v) is 6.52. The second kappa shape index (κ2) is 7.41. The summed E-state index contributed by atoms with van der Waals surface area (Å²) in [6.45, 7) is 5.72. The lowest BCUT2D eigenvalue weighted by Gasteiger charge is -2.01. The third-order valence-electron chi connectivity index (χ3n) is 4.36. The Morgan fingerprint density at radius 3 is 2.69 bits per heavy atom. The number of carbonyl (C=O) groups is 2. The van der Waals surface area contributed by atoms with E-state index in [-0.39, 0.29) is 12.5 Å². The number of aromatic nitrogens is 2. The van der Waals surface area contributed by atoms with Crippen molar-refractivity contribution in [2.24, 2.45) is 0 Å². The number of pyridine rings is 1. The number of nitrogens with two attached hydrogens (primary N) is 1. The Kier molecular flexibility index (Phi) is 4.93. The van der Waals surface area contributed by atoms with Crippen molar-refractivity contribution in [1.82, 2.24) is 9.97 Å². The lowest BCUT2D eigenvalue weighted by Crippen LogP contribution is -2.11. The molecule has 0 unspecified atom stereocenters. The summed E-state index contributed by atoms with van der Waals surface area (Å²) in [5.74, 6) is -0.828. The maximum absolute atomic E-state index is 12.8. The van der Waals surface area contributed by atoms with Gasteiger partial charge in [0, 0.05) is 10.8 Å². The van der Waals surface area contributed by atoms with E-state index < -0.39 is 5.97 Å². The molecule has 7 nitrogen and oxygen atoms in total. The number of thiophene rings is 1. The van der Waals surface area contributed by atoms with Crippen molar-refractivity contribution in [3.05, 3.63) is 45.3 Å². The SMILES string of the molecule is CCOC(=O)c1sc(NC(=O)c2sc3nc4cc(C)ccc4cc3c2N)nc1C. The Morgan fingerprint density at radius 2 is 1.93 bits per heavy atom. The molecule has 0 bridgehead atoms. The molecule has 0 saturated carbocycles. The first-order valence-electron chi connectivity index (χ1n) is 8.92. The molecule has 3 aromatic heterocycles. The number of nitrogens with zero attached hydrogens (tertiary/aromatic N) is 2. The summed E-state index contributed by atoms with van der Waals surface area (Å²) in [6, 6.07) is 7.95. The van der Waals surface area contributed by atoms with Gasteiger partial charge in [0.1, 0.15) is 14.6 Å². The van der Waals surface area contributed by atoms with Crippen LogP contribution in [0.5, 0.6) is 0 Å². The Bertz CT molecular complexity index is 1280. The van der Waals surface area contributed by atoms with Crippen LogP contribution in [0, 0.1) is 13.8 Å². The van der Waals surface area contributed by atoms with Crippen LogP contribution >= 0.6 is 22.7 Å². The molecule has 4 aromatic rings. The summed E-state index contributed by atoms with van der Waals surface area (Å²) in [7, 11) is 0. The highest BCUT2D eigenvalue weighted by molar-refractivity contribution is 7.21. The first-order valence-corrected chi connectivity index (χ1v) is 10.6. The quantitative estimate of drug-likeness (QED) is 0.464. The summed E-state index contributed by atoms with van der Waals surface area (Å²) < 4.78 is 5.01. The number of ether oxygens (including phenoxy) is 1. The van der Waals surface area contributed by atoms with Crippen LogP contribution < -0.4 is 11.1 Å². The molecule has 1 amide bonds. The molecule has 148 valence electrons. The fraction of sp³-hybridized carbons (Fsp3) is 0.200. The molecule has 0 fully saturated rings. The molecule has 1 aromatic carbocycles. The predicted octanol–water partition coefficient (Wildman–Crippen LogP) is 4.53. The smallest absolute Gasteiger partial charge is 0.350 e. The number of hydrogen-bond acceptors (Lipinski definition) is 8. The molecular formula is C20H18N4O3S2. The maximum Gasteiger partial charge on any atom is 0.350 e. The number of nitrogen functional groups attached to an aromatic ring is 1. The molecule has 0 radical (unpaired) electrons. The van der Waals surface area contributed by atoms with Gasteiger partial charge in [-0.05, 0) is 38.5 Å². The fourth-order valence-corrected chi connectivity index (χ4v) is 4.80. The van der Waals surface area contributed by atoms with Crippen LogP contribution in [0.15, 0.2) is 24.3 Å². The van der Waals surface area contributed by atoms with E-state index in [9.17, 15) is 9.59 Å². The number of thiazole rings is 1. The summed E-state index contributed by atoms with van der Waals surface area (Å²) in [6.07, 6.45) is 0. The van der Waals surface area contributed by atoms with Crippen molar-refractivity contribution in [2.45, 2.75) is 20.8 Å². The lowest BCUT2D eigenvalue weighted by molar-refractivity contribution is 0.0531. The molecule has 3 N–H and O–H groups in total. The van der Waals surface area contributed by atoms with Crippen molar-refractivity contribution in [3.8, 4) is 0 Å². The monoisotopic (exact) mass is 426 g/mol. The van der Waals surface area contributed by atoms with Crippen LogP contribution in [-0.4, -0.2) is 28.5 Å². The Morgan fingerprint density at radius 1 is 1.14 bits per heavy atom. The number of esters is 1. The second-order valence-corrected chi connectivity index (χ2v) is 8.49. The van der Waals surface area contributed by atoms with Gasteiger partial charge in [-0.3, -0.25) is 10.1 Å². The zero-order valence-electron chi connectivity index (χ0n) is 16.0. The molecule has 0 aliphatic carbocycles. The molecule has 0 saturated heterocycles. The molecule has 29 heavy (non-hydrogen) atoms. The fourth-order valence-electron chi connectivity index (χ4n) is 2.96.